The summed E-state index contributed by atoms with van der Waals surface area (Å²) in [5.41, 5.74) is 0.486. The number of likely N-dealkylation sites (tertiary alicyclic amines) is 1. The quantitative estimate of drug-likeness (QED) is 0.561. The number of hydrogen-bond donors (Lipinski definition) is 0. The lowest BCUT2D eigenvalue weighted by Gasteiger charge is -2.31. The Morgan fingerprint density at radius 3 is 2.88 bits per heavy atom. The maximum Gasteiger partial charge on any atom is 0.316 e. The van der Waals surface area contributed by atoms with Crippen LogP contribution in [0, 0.1) is 5.92 Å². The molecule has 1 saturated heterocycles. The van der Waals surface area contributed by atoms with Gasteiger partial charge in [0.15, 0.2) is 0 Å². The SMILES string of the molecule is O=C(Oc1ccc(Br)cc1Cl)C1CCCN(C(=O)c2ccoc2)C1. The molecule has 0 saturated carbocycles. The summed E-state index contributed by atoms with van der Waals surface area (Å²) in [5, 5.41) is 0.361. The Kier molecular flexibility index (Phi) is 5.26. The summed E-state index contributed by atoms with van der Waals surface area (Å²) in [6, 6.07) is 6.68. The first kappa shape index (κ1) is 17.0. The van der Waals surface area contributed by atoms with Crippen LogP contribution in [-0.2, 0) is 4.79 Å². The zero-order valence-electron chi connectivity index (χ0n) is 12.7. The molecule has 5 nitrogen and oxygen atoms in total. The minimum absolute atomic E-state index is 0.136. The van der Waals surface area contributed by atoms with Gasteiger partial charge < -0.3 is 14.1 Å². The van der Waals surface area contributed by atoms with Gasteiger partial charge in [-0.3, -0.25) is 9.59 Å². The van der Waals surface area contributed by atoms with Crippen LogP contribution in [0.4, 0.5) is 0 Å². The second-order valence-electron chi connectivity index (χ2n) is 5.60. The van der Waals surface area contributed by atoms with Crippen molar-refractivity contribution >= 4 is 39.4 Å². The molecule has 0 bridgehead atoms. The highest BCUT2D eigenvalue weighted by atomic mass is 79.9. The molecule has 1 aromatic heterocycles. The van der Waals surface area contributed by atoms with E-state index in [1.54, 1.807) is 29.2 Å². The molecule has 7 heteroatoms. The van der Waals surface area contributed by atoms with E-state index in [0.717, 1.165) is 10.9 Å². The van der Waals surface area contributed by atoms with Crippen molar-refractivity contribution in [2.24, 2.45) is 5.92 Å². The van der Waals surface area contributed by atoms with Gasteiger partial charge in [0.2, 0.25) is 0 Å². The summed E-state index contributed by atoms with van der Waals surface area (Å²) in [7, 11) is 0. The summed E-state index contributed by atoms with van der Waals surface area (Å²) in [5.74, 6) is -0.552. The number of carbonyl (C=O) groups is 2. The van der Waals surface area contributed by atoms with Crippen molar-refractivity contribution in [2.75, 3.05) is 13.1 Å². The fraction of sp³-hybridized carbons (Fsp3) is 0.294. The fourth-order valence-electron chi connectivity index (χ4n) is 2.67. The highest BCUT2D eigenvalue weighted by Crippen LogP contribution is 2.29. The van der Waals surface area contributed by atoms with Gasteiger partial charge in [-0.25, -0.2) is 0 Å². The monoisotopic (exact) mass is 411 g/mol. The van der Waals surface area contributed by atoms with Crippen molar-refractivity contribution in [1.82, 2.24) is 4.90 Å². The standard InChI is InChI=1S/C17H15BrClNO4/c18-13-3-4-15(14(19)8-13)24-17(22)11-2-1-6-20(9-11)16(21)12-5-7-23-10-12/h3-5,7-8,10-11H,1-2,6,9H2. The van der Waals surface area contributed by atoms with Crippen LogP contribution in [0.15, 0.2) is 45.7 Å². The topological polar surface area (TPSA) is 59.8 Å². The number of amides is 1. The number of carbonyl (C=O) groups excluding carboxylic acids is 2. The Balaban J connectivity index is 1.65. The molecule has 1 amide bonds. The molecule has 0 N–H and O–H groups in total. The number of hydrogen-bond acceptors (Lipinski definition) is 4. The van der Waals surface area contributed by atoms with E-state index in [9.17, 15) is 9.59 Å². The second kappa shape index (κ2) is 7.40. The number of furan rings is 1. The lowest BCUT2D eigenvalue weighted by atomic mass is 9.97. The average molecular weight is 413 g/mol. The van der Waals surface area contributed by atoms with Crippen LogP contribution in [-0.4, -0.2) is 29.9 Å². The van der Waals surface area contributed by atoms with E-state index in [-0.39, 0.29) is 17.8 Å². The highest BCUT2D eigenvalue weighted by Gasteiger charge is 2.30. The third kappa shape index (κ3) is 3.82. The first-order valence-electron chi connectivity index (χ1n) is 7.53. The molecule has 24 heavy (non-hydrogen) atoms. The molecule has 2 heterocycles. The maximum absolute atomic E-state index is 12.4. The molecule has 1 aromatic carbocycles. The van der Waals surface area contributed by atoms with E-state index < -0.39 is 0 Å². The molecule has 1 aliphatic heterocycles. The first-order chi connectivity index (χ1) is 11.5. The molecule has 1 fully saturated rings. The summed E-state index contributed by atoms with van der Waals surface area (Å²) >= 11 is 9.38. The number of piperidine rings is 1. The highest BCUT2D eigenvalue weighted by molar-refractivity contribution is 9.10. The maximum atomic E-state index is 12.4. The van der Waals surface area contributed by atoms with Crippen LogP contribution in [0.2, 0.25) is 5.02 Å². The molecule has 0 radical (unpaired) electrons. The van der Waals surface area contributed by atoms with Crippen LogP contribution in [0.3, 0.4) is 0 Å². The molecule has 1 unspecified atom stereocenters. The Hall–Kier alpha value is -1.79. The predicted octanol–water partition coefficient (Wildman–Crippen LogP) is 4.15. The van der Waals surface area contributed by atoms with Crippen molar-refractivity contribution in [3.8, 4) is 5.75 Å². The molecule has 2 aromatic rings. The van der Waals surface area contributed by atoms with Crippen LogP contribution in [0.25, 0.3) is 0 Å². The first-order valence-corrected chi connectivity index (χ1v) is 8.70. The van der Waals surface area contributed by atoms with E-state index in [4.69, 9.17) is 20.8 Å². The minimum Gasteiger partial charge on any atom is -0.472 e. The summed E-state index contributed by atoms with van der Waals surface area (Å²) in [6.07, 6.45) is 4.30. The Morgan fingerprint density at radius 1 is 1.33 bits per heavy atom. The molecule has 126 valence electrons. The Morgan fingerprint density at radius 2 is 2.17 bits per heavy atom. The number of esters is 1. The van der Waals surface area contributed by atoms with Crippen molar-refractivity contribution in [1.29, 1.82) is 0 Å². The Labute approximate surface area is 152 Å². The van der Waals surface area contributed by atoms with Gasteiger partial charge in [0, 0.05) is 17.6 Å². The zero-order chi connectivity index (χ0) is 17.1. The predicted molar refractivity (Wildman–Crippen MR) is 92.1 cm³/mol. The number of nitrogens with zero attached hydrogens (tertiary/aromatic N) is 1. The van der Waals surface area contributed by atoms with Crippen molar-refractivity contribution in [3.05, 3.63) is 51.9 Å². The second-order valence-corrected chi connectivity index (χ2v) is 6.92. The number of ether oxygens (including phenoxy) is 1. The summed E-state index contributed by atoms with van der Waals surface area (Å²) in [6.45, 7) is 0.948. The van der Waals surface area contributed by atoms with Gasteiger partial charge in [0.25, 0.3) is 5.91 Å². The number of benzene rings is 1. The van der Waals surface area contributed by atoms with Gasteiger partial charge in [-0.1, -0.05) is 27.5 Å². The molecule has 0 spiro atoms. The van der Waals surface area contributed by atoms with Gasteiger partial charge in [0.05, 0.1) is 22.8 Å². The van der Waals surface area contributed by atoms with Gasteiger partial charge >= 0.3 is 5.97 Å². The number of halogens is 2. The van der Waals surface area contributed by atoms with Gasteiger partial charge in [-0.05, 0) is 37.1 Å². The van der Waals surface area contributed by atoms with Crippen LogP contribution in [0.1, 0.15) is 23.2 Å². The van der Waals surface area contributed by atoms with Crippen molar-refractivity contribution in [2.45, 2.75) is 12.8 Å². The van der Waals surface area contributed by atoms with E-state index in [1.165, 1.54) is 12.5 Å². The molecule has 0 aliphatic carbocycles. The molecule has 1 atom stereocenters. The van der Waals surface area contributed by atoms with E-state index in [2.05, 4.69) is 15.9 Å². The van der Waals surface area contributed by atoms with Gasteiger partial charge in [-0.15, -0.1) is 0 Å². The largest absolute Gasteiger partial charge is 0.472 e. The molecular weight excluding hydrogens is 398 g/mol. The third-order valence-electron chi connectivity index (χ3n) is 3.91. The zero-order valence-corrected chi connectivity index (χ0v) is 15.0. The van der Waals surface area contributed by atoms with Crippen LogP contribution in [0.5, 0.6) is 5.75 Å². The average Bonchev–Trinajstić information content (AvgIpc) is 3.11. The summed E-state index contributed by atoms with van der Waals surface area (Å²) < 4.78 is 11.2. The van der Waals surface area contributed by atoms with Crippen molar-refractivity contribution in [3.63, 3.8) is 0 Å². The van der Waals surface area contributed by atoms with E-state index >= 15 is 0 Å². The summed E-state index contributed by atoms with van der Waals surface area (Å²) in [4.78, 5) is 26.4. The van der Waals surface area contributed by atoms with E-state index in [1.807, 2.05) is 0 Å². The lowest BCUT2D eigenvalue weighted by Crippen LogP contribution is -2.43. The lowest BCUT2D eigenvalue weighted by molar-refractivity contribution is -0.140. The van der Waals surface area contributed by atoms with Crippen LogP contribution >= 0.6 is 27.5 Å². The molecule has 1 aliphatic rings. The molecular formula is C17H15BrClNO4. The number of rotatable bonds is 3. The normalized spacial score (nSPS) is 17.6. The van der Waals surface area contributed by atoms with E-state index in [0.29, 0.717) is 35.8 Å². The van der Waals surface area contributed by atoms with Gasteiger partial charge in [-0.2, -0.15) is 0 Å². The van der Waals surface area contributed by atoms with Crippen LogP contribution < -0.4 is 4.74 Å². The smallest absolute Gasteiger partial charge is 0.316 e. The third-order valence-corrected chi connectivity index (χ3v) is 4.70. The van der Waals surface area contributed by atoms with Gasteiger partial charge in [0.1, 0.15) is 12.0 Å². The fourth-order valence-corrected chi connectivity index (χ4v) is 3.38. The molecule has 3 rings (SSSR count). The minimum atomic E-state index is -0.371. The Bertz CT molecular complexity index is 747. The van der Waals surface area contributed by atoms with Crippen molar-refractivity contribution < 1.29 is 18.7 Å².